The zero-order valence-electron chi connectivity index (χ0n) is 19.9. The topological polar surface area (TPSA) is 124 Å². The molecule has 10 nitrogen and oxygen atoms in total. The van der Waals surface area contributed by atoms with E-state index in [1.54, 1.807) is 32.0 Å². The molecule has 0 aliphatic carbocycles. The normalized spacial score (nSPS) is 12.9. The lowest BCUT2D eigenvalue weighted by Crippen LogP contribution is -2.45. The molecule has 0 saturated carbocycles. The van der Waals surface area contributed by atoms with Gasteiger partial charge < -0.3 is 19.0 Å². The Morgan fingerprint density at radius 3 is 2.56 bits per heavy atom. The number of amides is 1. The minimum Gasteiger partial charge on any atom is -0.459 e. The van der Waals surface area contributed by atoms with Crippen LogP contribution in [0.25, 0.3) is 11.0 Å². The predicted molar refractivity (Wildman–Crippen MR) is 125 cm³/mol. The van der Waals surface area contributed by atoms with E-state index in [-0.39, 0.29) is 23.2 Å². The summed E-state index contributed by atoms with van der Waals surface area (Å²) < 4.78 is 38.7. The summed E-state index contributed by atoms with van der Waals surface area (Å²) in [4.78, 5) is 29.8. The number of imidazole rings is 1. The summed E-state index contributed by atoms with van der Waals surface area (Å²) in [6.45, 7) is 6.10. The second-order valence-electron chi connectivity index (χ2n) is 8.40. The molecule has 34 heavy (non-hydrogen) atoms. The molecule has 0 unspecified atom stereocenters. The van der Waals surface area contributed by atoms with Gasteiger partial charge in [0.25, 0.3) is 5.91 Å². The number of aromatic nitrogens is 2. The van der Waals surface area contributed by atoms with Crippen LogP contribution in [0.5, 0.6) is 0 Å². The molecular formula is C23H30N4O6S. The number of carbonyl (C=O) groups is 2. The summed E-state index contributed by atoms with van der Waals surface area (Å²) in [6, 6.07) is 6.99. The summed E-state index contributed by atoms with van der Waals surface area (Å²) in [6.07, 6.45) is 2.18. The Labute approximate surface area is 198 Å². The molecular weight excluding hydrogens is 460 g/mol. The van der Waals surface area contributed by atoms with Crippen molar-refractivity contribution in [1.29, 1.82) is 0 Å². The highest BCUT2D eigenvalue weighted by atomic mass is 32.2. The molecule has 3 rings (SSSR count). The number of benzene rings is 1. The number of sulfonamides is 1. The monoisotopic (exact) mass is 490 g/mol. The number of nitrogens with zero attached hydrogens (tertiary/aromatic N) is 3. The number of esters is 1. The molecule has 0 radical (unpaired) electrons. The number of carbonyl (C=O) groups excluding carboxylic acids is 2. The van der Waals surface area contributed by atoms with Crippen molar-refractivity contribution in [3.05, 3.63) is 48.2 Å². The van der Waals surface area contributed by atoms with Gasteiger partial charge in [-0.3, -0.25) is 4.79 Å². The van der Waals surface area contributed by atoms with Gasteiger partial charge in [0.15, 0.2) is 5.76 Å². The van der Waals surface area contributed by atoms with Crippen molar-refractivity contribution in [3.63, 3.8) is 0 Å². The number of furan rings is 1. The minimum absolute atomic E-state index is 0.103. The Bertz CT molecular complexity index is 1260. The molecule has 0 aliphatic rings. The Balaban J connectivity index is 1.82. The van der Waals surface area contributed by atoms with Gasteiger partial charge in [0.05, 0.1) is 22.2 Å². The van der Waals surface area contributed by atoms with Gasteiger partial charge in [-0.05, 0) is 42.7 Å². The van der Waals surface area contributed by atoms with Gasteiger partial charge in [-0.1, -0.05) is 20.8 Å². The largest absolute Gasteiger partial charge is 0.459 e. The molecule has 0 saturated heterocycles. The first-order valence-electron chi connectivity index (χ1n) is 11.0. The second-order valence-corrected chi connectivity index (χ2v) is 10.5. The molecule has 0 fully saturated rings. The average Bonchev–Trinajstić information content (AvgIpc) is 3.44. The van der Waals surface area contributed by atoms with E-state index in [1.165, 1.54) is 32.5 Å². The SMILES string of the molecule is CCCn1c(COC(=O)[C@@H](NC(=O)c2ccco2)C(C)C)nc2cc(S(=O)(=O)N(C)C)ccc21. The van der Waals surface area contributed by atoms with Crippen molar-refractivity contribution >= 4 is 32.9 Å². The second kappa shape index (κ2) is 10.4. The van der Waals surface area contributed by atoms with E-state index in [0.717, 1.165) is 16.2 Å². The minimum atomic E-state index is -3.61. The maximum atomic E-state index is 12.8. The molecule has 1 N–H and O–H groups in total. The number of fused-ring (bicyclic) bond motifs is 1. The van der Waals surface area contributed by atoms with E-state index >= 15 is 0 Å². The van der Waals surface area contributed by atoms with Crippen molar-refractivity contribution in [1.82, 2.24) is 19.2 Å². The van der Waals surface area contributed by atoms with Gasteiger partial charge >= 0.3 is 5.97 Å². The van der Waals surface area contributed by atoms with Crippen LogP contribution in [0.4, 0.5) is 0 Å². The highest BCUT2D eigenvalue weighted by Gasteiger charge is 2.28. The molecule has 0 aliphatic heterocycles. The summed E-state index contributed by atoms with van der Waals surface area (Å²) >= 11 is 0. The van der Waals surface area contributed by atoms with Crippen molar-refractivity contribution in [2.24, 2.45) is 5.92 Å². The maximum Gasteiger partial charge on any atom is 0.329 e. The quantitative estimate of drug-likeness (QED) is 0.433. The van der Waals surface area contributed by atoms with Crippen molar-refractivity contribution in [3.8, 4) is 0 Å². The lowest BCUT2D eigenvalue weighted by molar-refractivity contribution is -0.148. The van der Waals surface area contributed by atoms with E-state index < -0.39 is 27.9 Å². The van der Waals surface area contributed by atoms with Crippen LogP contribution in [0, 0.1) is 5.92 Å². The molecule has 2 heterocycles. The first kappa shape index (κ1) is 25.4. The van der Waals surface area contributed by atoms with Crippen LogP contribution in [0.15, 0.2) is 45.9 Å². The lowest BCUT2D eigenvalue weighted by atomic mass is 10.0. The number of hydrogen-bond donors (Lipinski definition) is 1. The summed E-state index contributed by atoms with van der Waals surface area (Å²) in [5.74, 6) is -0.731. The standard InChI is InChI=1S/C23H30N4O6S/c1-6-11-27-18-10-9-16(34(30,31)26(4)5)13-17(18)24-20(27)14-33-23(29)21(15(2)3)25-22(28)19-8-7-12-32-19/h7-10,12-13,15,21H,6,11,14H2,1-5H3,(H,25,28)/t21-/m0/s1. The van der Waals surface area contributed by atoms with E-state index in [4.69, 9.17) is 9.15 Å². The number of hydrogen-bond acceptors (Lipinski definition) is 7. The third-order valence-electron chi connectivity index (χ3n) is 5.32. The maximum absolute atomic E-state index is 12.8. The van der Waals surface area contributed by atoms with Crippen molar-refractivity contribution in [2.75, 3.05) is 14.1 Å². The van der Waals surface area contributed by atoms with E-state index in [1.807, 2.05) is 11.5 Å². The third kappa shape index (κ3) is 5.31. The lowest BCUT2D eigenvalue weighted by Gasteiger charge is -2.20. The highest BCUT2D eigenvalue weighted by Crippen LogP contribution is 2.23. The highest BCUT2D eigenvalue weighted by molar-refractivity contribution is 7.89. The Hall–Kier alpha value is -3.18. The molecule has 11 heteroatoms. The Morgan fingerprint density at radius 1 is 1.24 bits per heavy atom. The van der Waals surface area contributed by atoms with Crippen molar-refractivity contribution < 1.29 is 27.2 Å². The summed E-state index contributed by atoms with van der Waals surface area (Å²) in [7, 11) is -0.674. The number of ether oxygens (including phenoxy) is 1. The molecule has 3 aromatic rings. The van der Waals surface area contributed by atoms with Crippen LogP contribution in [-0.2, 0) is 32.7 Å². The van der Waals surface area contributed by atoms with Gasteiger partial charge in [0.2, 0.25) is 10.0 Å². The van der Waals surface area contributed by atoms with E-state index in [0.29, 0.717) is 17.9 Å². The fourth-order valence-corrected chi connectivity index (χ4v) is 4.38. The zero-order valence-corrected chi connectivity index (χ0v) is 20.8. The molecule has 1 amide bonds. The van der Waals surface area contributed by atoms with Crippen LogP contribution in [0.1, 0.15) is 43.6 Å². The van der Waals surface area contributed by atoms with Crippen LogP contribution >= 0.6 is 0 Å². The summed E-state index contributed by atoms with van der Waals surface area (Å²) in [5.41, 5.74) is 1.24. The molecule has 0 bridgehead atoms. The zero-order chi connectivity index (χ0) is 25.0. The van der Waals surface area contributed by atoms with E-state index in [2.05, 4.69) is 10.3 Å². The third-order valence-corrected chi connectivity index (χ3v) is 7.13. The van der Waals surface area contributed by atoms with E-state index in [9.17, 15) is 18.0 Å². The van der Waals surface area contributed by atoms with Crippen LogP contribution in [0.2, 0.25) is 0 Å². The molecule has 1 aromatic carbocycles. The van der Waals surface area contributed by atoms with Crippen LogP contribution in [-0.4, -0.2) is 54.3 Å². The van der Waals surface area contributed by atoms with Gasteiger partial charge in [0, 0.05) is 20.6 Å². The van der Waals surface area contributed by atoms with Crippen LogP contribution < -0.4 is 5.32 Å². The van der Waals surface area contributed by atoms with Crippen LogP contribution in [0.3, 0.4) is 0 Å². The first-order valence-corrected chi connectivity index (χ1v) is 12.4. The molecule has 1 atom stereocenters. The number of rotatable bonds is 10. The predicted octanol–water partition coefficient (Wildman–Crippen LogP) is 2.79. The number of aryl methyl sites for hydroxylation is 1. The Morgan fingerprint density at radius 2 is 1.97 bits per heavy atom. The fourth-order valence-electron chi connectivity index (χ4n) is 3.46. The fraction of sp³-hybridized carbons (Fsp3) is 0.435. The molecule has 184 valence electrons. The molecule has 2 aromatic heterocycles. The van der Waals surface area contributed by atoms with Gasteiger partial charge in [-0.2, -0.15) is 0 Å². The van der Waals surface area contributed by atoms with Gasteiger partial charge in [-0.15, -0.1) is 0 Å². The van der Waals surface area contributed by atoms with Gasteiger partial charge in [0.1, 0.15) is 18.5 Å². The molecule has 0 spiro atoms. The van der Waals surface area contributed by atoms with Crippen molar-refractivity contribution in [2.45, 2.75) is 51.3 Å². The smallest absolute Gasteiger partial charge is 0.329 e. The summed E-state index contributed by atoms with van der Waals surface area (Å²) in [5, 5.41) is 2.65. The van der Waals surface area contributed by atoms with Gasteiger partial charge in [-0.25, -0.2) is 22.5 Å². The average molecular weight is 491 g/mol. The Kier molecular flexibility index (Phi) is 7.78. The number of nitrogens with one attached hydrogen (secondary N) is 1. The first-order chi connectivity index (χ1) is 16.1.